The van der Waals surface area contributed by atoms with E-state index >= 15 is 0 Å². The monoisotopic (exact) mass is 264 g/mol. The molecule has 2 N–H and O–H groups in total. The minimum atomic E-state index is -0.445. The molecule has 1 aromatic carbocycles. The van der Waals surface area contributed by atoms with Gasteiger partial charge in [-0.15, -0.1) is 0 Å². The van der Waals surface area contributed by atoms with Crippen molar-refractivity contribution in [3.63, 3.8) is 0 Å². The van der Waals surface area contributed by atoms with Gasteiger partial charge in [-0.3, -0.25) is 4.79 Å². The zero-order valence-corrected chi connectivity index (χ0v) is 11.5. The van der Waals surface area contributed by atoms with Crippen LogP contribution in [0.2, 0.25) is 0 Å². The molecular weight excluding hydrogens is 244 g/mol. The Morgan fingerprint density at radius 3 is 2.68 bits per heavy atom. The number of alkyl carbamates (subject to hydrolysis) is 1. The Morgan fingerprint density at radius 1 is 1.32 bits per heavy atom. The van der Waals surface area contributed by atoms with Gasteiger partial charge in [0, 0.05) is 18.2 Å². The van der Waals surface area contributed by atoms with Crippen LogP contribution in [0.1, 0.15) is 26.3 Å². The Kier molecular flexibility index (Phi) is 5.85. The highest BCUT2D eigenvalue weighted by Crippen LogP contribution is 2.11. The van der Waals surface area contributed by atoms with E-state index in [2.05, 4.69) is 10.6 Å². The molecule has 0 aliphatic rings. The maximum absolute atomic E-state index is 11.6. The molecule has 0 bridgehead atoms. The molecule has 0 aromatic heterocycles. The molecule has 2 amide bonds. The molecule has 0 spiro atoms. The Hall–Kier alpha value is -2.04. The molecule has 5 heteroatoms. The fourth-order valence-electron chi connectivity index (χ4n) is 1.40. The molecule has 0 fully saturated rings. The number of ether oxygens (including phenoxy) is 1. The second-order valence-electron chi connectivity index (χ2n) is 4.42. The molecule has 0 atom stereocenters. The largest absolute Gasteiger partial charge is 0.450 e. The van der Waals surface area contributed by atoms with Gasteiger partial charge in [0.25, 0.3) is 0 Å². The number of carbonyl (C=O) groups is 2. The molecule has 0 saturated carbocycles. The van der Waals surface area contributed by atoms with Crippen LogP contribution in [0.15, 0.2) is 24.3 Å². The molecule has 104 valence electrons. The average Bonchev–Trinajstić information content (AvgIpc) is 2.37. The molecular formula is C14H20N2O3. The van der Waals surface area contributed by atoms with Crippen LogP contribution in [-0.4, -0.2) is 18.6 Å². The van der Waals surface area contributed by atoms with Gasteiger partial charge in [-0.25, -0.2) is 4.79 Å². The van der Waals surface area contributed by atoms with Gasteiger partial charge in [-0.1, -0.05) is 26.0 Å². The maximum atomic E-state index is 11.6. The SMILES string of the molecule is CCOC(=O)NCc1cccc(NC(=O)C(C)C)c1. The molecule has 1 rings (SSSR count). The third kappa shape index (κ3) is 5.42. The van der Waals surface area contributed by atoms with E-state index in [1.165, 1.54) is 0 Å². The van der Waals surface area contributed by atoms with Crippen molar-refractivity contribution < 1.29 is 14.3 Å². The first kappa shape index (κ1) is 15.0. The van der Waals surface area contributed by atoms with Crippen molar-refractivity contribution in [1.82, 2.24) is 5.32 Å². The van der Waals surface area contributed by atoms with Crippen LogP contribution in [0.3, 0.4) is 0 Å². The van der Waals surface area contributed by atoms with E-state index in [4.69, 9.17) is 4.74 Å². The molecule has 5 nitrogen and oxygen atoms in total. The average molecular weight is 264 g/mol. The topological polar surface area (TPSA) is 67.4 Å². The van der Waals surface area contributed by atoms with E-state index in [0.29, 0.717) is 13.2 Å². The number of rotatable bonds is 5. The summed E-state index contributed by atoms with van der Waals surface area (Å²) in [6.07, 6.45) is -0.445. The lowest BCUT2D eigenvalue weighted by atomic mass is 10.1. The minimum absolute atomic E-state index is 0.0319. The lowest BCUT2D eigenvalue weighted by molar-refractivity contribution is -0.118. The van der Waals surface area contributed by atoms with E-state index in [1.54, 1.807) is 6.92 Å². The van der Waals surface area contributed by atoms with Gasteiger partial charge >= 0.3 is 6.09 Å². The zero-order valence-electron chi connectivity index (χ0n) is 11.5. The number of hydrogen-bond acceptors (Lipinski definition) is 3. The molecule has 1 aromatic rings. The summed E-state index contributed by atoms with van der Waals surface area (Å²) in [6, 6.07) is 7.34. The highest BCUT2D eigenvalue weighted by atomic mass is 16.5. The summed E-state index contributed by atoms with van der Waals surface area (Å²) in [5.41, 5.74) is 1.62. The standard InChI is InChI=1S/C14H20N2O3/c1-4-19-14(18)15-9-11-6-5-7-12(8-11)16-13(17)10(2)3/h5-8,10H,4,9H2,1-3H3,(H,15,18)(H,16,17). The third-order valence-electron chi connectivity index (χ3n) is 2.43. The van der Waals surface area contributed by atoms with E-state index in [9.17, 15) is 9.59 Å². The predicted octanol–water partition coefficient (Wildman–Crippen LogP) is 2.53. The van der Waals surface area contributed by atoms with Crippen LogP contribution in [0, 0.1) is 5.92 Å². The van der Waals surface area contributed by atoms with Gasteiger partial charge in [0.05, 0.1) is 6.61 Å². The zero-order chi connectivity index (χ0) is 14.3. The molecule has 0 radical (unpaired) electrons. The summed E-state index contributed by atoms with van der Waals surface area (Å²) in [5.74, 6) is -0.100. The summed E-state index contributed by atoms with van der Waals surface area (Å²) >= 11 is 0. The lowest BCUT2D eigenvalue weighted by Gasteiger charge is -2.10. The van der Waals surface area contributed by atoms with E-state index in [0.717, 1.165) is 11.3 Å². The number of amides is 2. The number of benzene rings is 1. The van der Waals surface area contributed by atoms with Crippen LogP contribution in [0.25, 0.3) is 0 Å². The van der Waals surface area contributed by atoms with Gasteiger partial charge in [0.2, 0.25) is 5.91 Å². The van der Waals surface area contributed by atoms with Crippen molar-refractivity contribution in [1.29, 1.82) is 0 Å². The Balaban J connectivity index is 2.57. The van der Waals surface area contributed by atoms with Gasteiger partial charge in [0.1, 0.15) is 0 Å². The quantitative estimate of drug-likeness (QED) is 0.858. The van der Waals surface area contributed by atoms with E-state index in [1.807, 2.05) is 38.1 Å². The number of hydrogen-bond donors (Lipinski definition) is 2. The third-order valence-corrected chi connectivity index (χ3v) is 2.43. The highest BCUT2D eigenvalue weighted by molar-refractivity contribution is 5.92. The number of anilines is 1. The van der Waals surface area contributed by atoms with Crippen molar-refractivity contribution in [2.24, 2.45) is 5.92 Å². The molecule has 0 saturated heterocycles. The summed E-state index contributed by atoms with van der Waals surface area (Å²) in [5, 5.41) is 5.44. The van der Waals surface area contributed by atoms with Crippen LogP contribution in [0.4, 0.5) is 10.5 Å². The van der Waals surface area contributed by atoms with E-state index in [-0.39, 0.29) is 11.8 Å². The normalized spacial score (nSPS) is 10.1. The highest BCUT2D eigenvalue weighted by Gasteiger charge is 2.07. The minimum Gasteiger partial charge on any atom is -0.450 e. The Labute approximate surface area is 113 Å². The molecule has 19 heavy (non-hydrogen) atoms. The number of carbonyl (C=O) groups excluding carboxylic acids is 2. The lowest BCUT2D eigenvalue weighted by Crippen LogP contribution is -2.23. The van der Waals surface area contributed by atoms with Crippen LogP contribution < -0.4 is 10.6 Å². The van der Waals surface area contributed by atoms with Gasteiger partial charge in [0.15, 0.2) is 0 Å². The van der Waals surface area contributed by atoms with Gasteiger partial charge in [-0.2, -0.15) is 0 Å². The summed E-state index contributed by atoms with van der Waals surface area (Å²) in [4.78, 5) is 22.7. The fraction of sp³-hybridized carbons (Fsp3) is 0.429. The first-order valence-electron chi connectivity index (χ1n) is 6.33. The predicted molar refractivity (Wildman–Crippen MR) is 73.8 cm³/mol. The summed E-state index contributed by atoms with van der Waals surface area (Å²) in [6.45, 7) is 6.13. The summed E-state index contributed by atoms with van der Waals surface area (Å²) < 4.78 is 4.77. The molecule has 0 heterocycles. The molecule has 0 unspecified atom stereocenters. The first-order chi connectivity index (χ1) is 9.02. The van der Waals surface area contributed by atoms with E-state index < -0.39 is 6.09 Å². The molecule has 0 aliphatic carbocycles. The number of nitrogens with one attached hydrogen (secondary N) is 2. The van der Waals surface area contributed by atoms with Gasteiger partial charge in [-0.05, 0) is 24.6 Å². The van der Waals surface area contributed by atoms with Crippen LogP contribution in [0.5, 0.6) is 0 Å². The van der Waals surface area contributed by atoms with Crippen molar-refractivity contribution in [3.05, 3.63) is 29.8 Å². The Bertz CT molecular complexity index is 444. The van der Waals surface area contributed by atoms with Crippen LogP contribution in [-0.2, 0) is 16.1 Å². The van der Waals surface area contributed by atoms with Crippen molar-refractivity contribution in [2.75, 3.05) is 11.9 Å². The second kappa shape index (κ2) is 7.41. The van der Waals surface area contributed by atoms with Crippen molar-refractivity contribution in [3.8, 4) is 0 Å². The van der Waals surface area contributed by atoms with Crippen molar-refractivity contribution >= 4 is 17.7 Å². The van der Waals surface area contributed by atoms with Crippen molar-refractivity contribution in [2.45, 2.75) is 27.3 Å². The van der Waals surface area contributed by atoms with Gasteiger partial charge < -0.3 is 15.4 Å². The Morgan fingerprint density at radius 2 is 2.05 bits per heavy atom. The first-order valence-corrected chi connectivity index (χ1v) is 6.33. The summed E-state index contributed by atoms with van der Waals surface area (Å²) in [7, 11) is 0. The fourth-order valence-corrected chi connectivity index (χ4v) is 1.40. The smallest absolute Gasteiger partial charge is 0.407 e. The maximum Gasteiger partial charge on any atom is 0.407 e. The molecule has 0 aliphatic heterocycles. The van der Waals surface area contributed by atoms with Crippen LogP contribution >= 0.6 is 0 Å². The second-order valence-corrected chi connectivity index (χ2v) is 4.42.